The van der Waals surface area contributed by atoms with Gasteiger partial charge in [-0.3, -0.25) is 4.90 Å². The predicted octanol–water partition coefficient (Wildman–Crippen LogP) is 4.48. The van der Waals surface area contributed by atoms with Gasteiger partial charge in [-0.15, -0.1) is 22.7 Å². The van der Waals surface area contributed by atoms with Crippen molar-refractivity contribution in [3.05, 3.63) is 32.2 Å². The summed E-state index contributed by atoms with van der Waals surface area (Å²) in [5, 5.41) is 6.80. The fourth-order valence-corrected chi connectivity index (χ4v) is 3.58. The Kier molecular flexibility index (Phi) is 5.29. The molecule has 0 bridgehead atoms. The van der Waals surface area contributed by atoms with E-state index in [0.29, 0.717) is 11.8 Å². The highest BCUT2D eigenvalue weighted by Crippen LogP contribution is 2.22. The maximum absolute atomic E-state index is 4.68. The van der Waals surface area contributed by atoms with Crippen LogP contribution in [0, 0.1) is 0 Å². The standard InChI is InChI=1S/C15H23N3S2/c1-10(2)14-16-12(8-19-14)6-18(5)7-13-9-20-15(17-13)11(3)4/h8-11H,6-7H2,1-5H3. The first-order valence-electron chi connectivity index (χ1n) is 7.02. The number of thiazole rings is 2. The SMILES string of the molecule is CC(C)c1nc(CN(C)Cc2csc(C(C)C)n2)cs1. The average Bonchev–Trinajstić information content (AvgIpc) is 2.98. The van der Waals surface area contributed by atoms with Crippen LogP contribution in [-0.4, -0.2) is 21.9 Å². The molecule has 0 radical (unpaired) electrons. The Morgan fingerprint density at radius 3 is 1.60 bits per heavy atom. The lowest BCUT2D eigenvalue weighted by atomic mass is 10.2. The third-order valence-corrected chi connectivity index (χ3v) is 5.38. The number of nitrogens with zero attached hydrogens (tertiary/aromatic N) is 3. The molecular formula is C15H23N3S2. The third-order valence-electron chi connectivity index (χ3n) is 2.99. The van der Waals surface area contributed by atoms with Gasteiger partial charge in [0.05, 0.1) is 21.4 Å². The van der Waals surface area contributed by atoms with E-state index in [0.717, 1.165) is 13.1 Å². The highest BCUT2D eigenvalue weighted by Gasteiger charge is 2.11. The summed E-state index contributed by atoms with van der Waals surface area (Å²) in [6, 6.07) is 0. The Morgan fingerprint density at radius 1 is 0.900 bits per heavy atom. The molecule has 2 rings (SSSR count). The van der Waals surface area contributed by atoms with Crippen LogP contribution in [0.4, 0.5) is 0 Å². The summed E-state index contributed by atoms with van der Waals surface area (Å²) in [5.41, 5.74) is 2.33. The molecule has 0 aliphatic rings. The molecule has 0 aliphatic carbocycles. The molecular weight excluding hydrogens is 286 g/mol. The van der Waals surface area contributed by atoms with E-state index in [1.54, 1.807) is 22.7 Å². The maximum atomic E-state index is 4.68. The van der Waals surface area contributed by atoms with Crippen LogP contribution in [0.3, 0.4) is 0 Å². The summed E-state index contributed by atoms with van der Waals surface area (Å²) in [7, 11) is 2.13. The van der Waals surface area contributed by atoms with Crippen molar-refractivity contribution >= 4 is 22.7 Å². The number of hydrogen-bond acceptors (Lipinski definition) is 5. The molecule has 0 aliphatic heterocycles. The molecule has 0 N–H and O–H groups in total. The monoisotopic (exact) mass is 309 g/mol. The molecule has 0 amide bonds. The lowest BCUT2D eigenvalue weighted by Gasteiger charge is -2.13. The molecule has 0 saturated heterocycles. The fraction of sp³-hybridized carbons (Fsp3) is 0.600. The fourth-order valence-electron chi connectivity index (χ4n) is 1.93. The van der Waals surface area contributed by atoms with E-state index >= 15 is 0 Å². The highest BCUT2D eigenvalue weighted by molar-refractivity contribution is 7.10. The highest BCUT2D eigenvalue weighted by atomic mass is 32.1. The minimum absolute atomic E-state index is 0.520. The first-order valence-corrected chi connectivity index (χ1v) is 8.78. The number of aromatic nitrogens is 2. The molecule has 110 valence electrons. The van der Waals surface area contributed by atoms with Crippen LogP contribution in [-0.2, 0) is 13.1 Å². The molecule has 0 saturated carbocycles. The first-order chi connectivity index (χ1) is 9.45. The molecule has 0 unspecified atom stereocenters. The van der Waals surface area contributed by atoms with Crippen LogP contribution < -0.4 is 0 Å². The molecule has 3 nitrogen and oxygen atoms in total. The normalized spacial score (nSPS) is 12.0. The number of hydrogen-bond donors (Lipinski definition) is 0. The van der Waals surface area contributed by atoms with Gasteiger partial charge in [0, 0.05) is 35.7 Å². The van der Waals surface area contributed by atoms with Crippen molar-refractivity contribution < 1.29 is 0 Å². The van der Waals surface area contributed by atoms with Gasteiger partial charge in [0.25, 0.3) is 0 Å². The van der Waals surface area contributed by atoms with E-state index in [1.165, 1.54) is 21.4 Å². The minimum Gasteiger partial charge on any atom is -0.295 e. The van der Waals surface area contributed by atoms with E-state index in [9.17, 15) is 0 Å². The predicted molar refractivity (Wildman–Crippen MR) is 87.6 cm³/mol. The molecule has 0 spiro atoms. The summed E-state index contributed by atoms with van der Waals surface area (Å²) in [6.07, 6.45) is 0. The minimum atomic E-state index is 0.520. The van der Waals surface area contributed by atoms with Gasteiger partial charge in [-0.1, -0.05) is 27.7 Å². The van der Waals surface area contributed by atoms with Crippen LogP contribution in [0.2, 0.25) is 0 Å². The smallest absolute Gasteiger partial charge is 0.0954 e. The van der Waals surface area contributed by atoms with Gasteiger partial charge in [0.1, 0.15) is 0 Å². The molecule has 0 aromatic carbocycles. The Labute approximate surface area is 129 Å². The quantitative estimate of drug-likeness (QED) is 0.788. The Bertz CT molecular complexity index is 495. The van der Waals surface area contributed by atoms with Gasteiger partial charge in [0.2, 0.25) is 0 Å². The van der Waals surface area contributed by atoms with Gasteiger partial charge < -0.3 is 0 Å². The van der Waals surface area contributed by atoms with E-state index in [-0.39, 0.29) is 0 Å². The van der Waals surface area contributed by atoms with E-state index in [2.05, 4.69) is 60.4 Å². The van der Waals surface area contributed by atoms with Gasteiger partial charge >= 0.3 is 0 Å². The summed E-state index contributed by atoms with van der Waals surface area (Å²) in [6.45, 7) is 10.5. The van der Waals surface area contributed by atoms with Crippen LogP contribution in [0.1, 0.15) is 60.9 Å². The van der Waals surface area contributed by atoms with Crippen molar-refractivity contribution in [1.82, 2.24) is 14.9 Å². The Hall–Kier alpha value is -0.780. The summed E-state index contributed by atoms with van der Waals surface area (Å²) in [4.78, 5) is 11.6. The summed E-state index contributed by atoms with van der Waals surface area (Å²) < 4.78 is 0. The summed E-state index contributed by atoms with van der Waals surface area (Å²) >= 11 is 3.53. The van der Waals surface area contributed by atoms with Crippen molar-refractivity contribution in [2.24, 2.45) is 0 Å². The first kappa shape index (κ1) is 15.6. The lowest BCUT2D eigenvalue weighted by molar-refractivity contribution is 0.312. The van der Waals surface area contributed by atoms with Crippen LogP contribution >= 0.6 is 22.7 Å². The Balaban J connectivity index is 1.92. The second-order valence-electron chi connectivity index (χ2n) is 5.84. The van der Waals surface area contributed by atoms with Crippen molar-refractivity contribution in [3.63, 3.8) is 0 Å². The van der Waals surface area contributed by atoms with Crippen LogP contribution in [0.15, 0.2) is 10.8 Å². The maximum Gasteiger partial charge on any atom is 0.0954 e. The zero-order valence-electron chi connectivity index (χ0n) is 12.9. The molecule has 0 fully saturated rings. The van der Waals surface area contributed by atoms with Crippen LogP contribution in [0.5, 0.6) is 0 Å². The van der Waals surface area contributed by atoms with Crippen molar-refractivity contribution in [1.29, 1.82) is 0 Å². The zero-order chi connectivity index (χ0) is 14.7. The van der Waals surface area contributed by atoms with E-state index < -0.39 is 0 Å². The van der Waals surface area contributed by atoms with Crippen molar-refractivity contribution in [3.8, 4) is 0 Å². The van der Waals surface area contributed by atoms with Crippen LogP contribution in [0.25, 0.3) is 0 Å². The van der Waals surface area contributed by atoms with Gasteiger partial charge in [-0.05, 0) is 7.05 Å². The average molecular weight is 310 g/mol. The topological polar surface area (TPSA) is 29.0 Å². The second kappa shape index (κ2) is 6.78. The molecule has 2 aromatic rings. The molecule has 5 heteroatoms. The zero-order valence-corrected chi connectivity index (χ0v) is 14.5. The summed E-state index contributed by atoms with van der Waals surface area (Å²) in [5.74, 6) is 1.04. The molecule has 2 heterocycles. The molecule has 0 atom stereocenters. The largest absolute Gasteiger partial charge is 0.295 e. The van der Waals surface area contributed by atoms with Crippen molar-refractivity contribution in [2.45, 2.75) is 52.6 Å². The van der Waals surface area contributed by atoms with Crippen molar-refractivity contribution in [2.75, 3.05) is 7.05 Å². The third kappa shape index (κ3) is 4.11. The van der Waals surface area contributed by atoms with E-state index in [4.69, 9.17) is 0 Å². The number of rotatable bonds is 6. The Morgan fingerprint density at radius 2 is 1.30 bits per heavy atom. The molecule has 20 heavy (non-hydrogen) atoms. The van der Waals surface area contributed by atoms with E-state index in [1.807, 2.05) is 0 Å². The van der Waals surface area contributed by atoms with Gasteiger partial charge in [-0.25, -0.2) is 9.97 Å². The second-order valence-corrected chi connectivity index (χ2v) is 7.62. The van der Waals surface area contributed by atoms with Gasteiger partial charge in [-0.2, -0.15) is 0 Å². The lowest BCUT2D eigenvalue weighted by Crippen LogP contribution is -2.17. The van der Waals surface area contributed by atoms with Gasteiger partial charge in [0.15, 0.2) is 0 Å². The molecule has 2 aromatic heterocycles.